The average Bonchev–Trinajstić information content (AvgIpc) is 2.33. The zero-order valence-corrected chi connectivity index (χ0v) is 12.9. The van der Waals surface area contributed by atoms with Gasteiger partial charge in [0.05, 0.1) is 5.41 Å². The molecule has 0 aliphatic heterocycles. The van der Waals surface area contributed by atoms with Crippen LogP contribution in [0.3, 0.4) is 0 Å². The van der Waals surface area contributed by atoms with Gasteiger partial charge in [-0.2, -0.15) is 0 Å². The number of benzene rings is 1. The third-order valence-electron chi connectivity index (χ3n) is 3.76. The summed E-state index contributed by atoms with van der Waals surface area (Å²) in [6.45, 7) is 7.03. The number of aryl methyl sites for hydroxylation is 1. The van der Waals surface area contributed by atoms with Gasteiger partial charge in [0.25, 0.3) is 0 Å². The van der Waals surface area contributed by atoms with E-state index in [0.717, 1.165) is 5.56 Å². The van der Waals surface area contributed by atoms with Crippen LogP contribution in [0.15, 0.2) is 18.2 Å². The van der Waals surface area contributed by atoms with E-state index in [-0.39, 0.29) is 18.2 Å². The van der Waals surface area contributed by atoms with Crippen molar-refractivity contribution in [1.29, 1.82) is 0 Å². The van der Waals surface area contributed by atoms with Crippen LogP contribution < -0.4 is 5.32 Å². The fourth-order valence-corrected chi connectivity index (χ4v) is 1.96. The highest BCUT2D eigenvalue weighted by molar-refractivity contribution is 6.31. The summed E-state index contributed by atoms with van der Waals surface area (Å²) in [5.74, 6) is -1.44. The van der Waals surface area contributed by atoms with Gasteiger partial charge in [0.1, 0.15) is 0 Å². The summed E-state index contributed by atoms with van der Waals surface area (Å²) in [4.78, 5) is 23.5. The Balaban J connectivity index is 2.87. The lowest BCUT2D eigenvalue weighted by atomic mass is 9.76. The molecule has 0 aliphatic carbocycles. The average molecular weight is 298 g/mol. The Morgan fingerprint density at radius 3 is 2.50 bits per heavy atom. The molecule has 1 rings (SSSR count). The number of hydrogen-bond acceptors (Lipinski definition) is 2. The summed E-state index contributed by atoms with van der Waals surface area (Å²) in [7, 11) is 0. The molecule has 1 aromatic carbocycles. The van der Waals surface area contributed by atoms with Gasteiger partial charge in [0.15, 0.2) is 0 Å². The Labute approximate surface area is 124 Å². The molecule has 0 saturated heterocycles. The number of aliphatic carboxylic acids is 1. The van der Waals surface area contributed by atoms with Crippen molar-refractivity contribution in [3.05, 3.63) is 28.8 Å². The highest BCUT2D eigenvalue weighted by atomic mass is 35.5. The number of carboxylic acid groups (broad SMARTS) is 1. The van der Waals surface area contributed by atoms with Crippen LogP contribution in [0.4, 0.5) is 5.69 Å². The highest BCUT2D eigenvalue weighted by Gasteiger charge is 2.38. The molecule has 0 aliphatic rings. The molecule has 0 fully saturated rings. The fourth-order valence-electron chi connectivity index (χ4n) is 1.78. The van der Waals surface area contributed by atoms with Gasteiger partial charge in [-0.15, -0.1) is 0 Å². The molecule has 0 saturated carbocycles. The van der Waals surface area contributed by atoms with Crippen molar-refractivity contribution in [2.75, 3.05) is 5.32 Å². The summed E-state index contributed by atoms with van der Waals surface area (Å²) in [6.07, 6.45) is -0.0774. The summed E-state index contributed by atoms with van der Waals surface area (Å²) >= 11 is 5.89. The Kier molecular flexibility index (Phi) is 5.17. The van der Waals surface area contributed by atoms with E-state index in [2.05, 4.69) is 5.32 Å². The van der Waals surface area contributed by atoms with E-state index >= 15 is 0 Å². The fraction of sp³-hybridized carbons (Fsp3) is 0.467. The molecule has 0 bridgehead atoms. The molecule has 5 heteroatoms. The van der Waals surface area contributed by atoms with Gasteiger partial charge < -0.3 is 10.4 Å². The van der Waals surface area contributed by atoms with E-state index in [1.165, 1.54) is 0 Å². The molecule has 0 heterocycles. The maximum absolute atomic E-state index is 12.1. The van der Waals surface area contributed by atoms with Crippen LogP contribution >= 0.6 is 11.6 Å². The first kappa shape index (κ1) is 16.5. The van der Waals surface area contributed by atoms with Gasteiger partial charge in [-0.1, -0.05) is 31.5 Å². The second kappa shape index (κ2) is 6.27. The van der Waals surface area contributed by atoms with Crippen LogP contribution in [0.2, 0.25) is 5.02 Å². The maximum atomic E-state index is 12.1. The monoisotopic (exact) mass is 297 g/mol. The number of rotatable bonds is 5. The molecule has 1 aromatic rings. The lowest BCUT2D eigenvalue weighted by Crippen LogP contribution is -2.37. The summed E-state index contributed by atoms with van der Waals surface area (Å²) in [5.41, 5.74) is 0.402. The zero-order valence-electron chi connectivity index (χ0n) is 12.2. The number of anilines is 1. The number of halogens is 1. The van der Waals surface area contributed by atoms with Crippen LogP contribution in [0, 0.1) is 18.3 Å². The van der Waals surface area contributed by atoms with Crippen molar-refractivity contribution in [1.82, 2.24) is 0 Å². The van der Waals surface area contributed by atoms with Gasteiger partial charge in [0, 0.05) is 17.1 Å². The SMILES string of the molecule is Cc1ccc(Cl)cc1NC(=O)CC(C)(C(=O)O)C(C)C. The lowest BCUT2D eigenvalue weighted by molar-refractivity contribution is -0.153. The highest BCUT2D eigenvalue weighted by Crippen LogP contribution is 2.32. The number of nitrogens with one attached hydrogen (secondary N) is 1. The normalized spacial score (nSPS) is 13.9. The Morgan fingerprint density at radius 1 is 1.40 bits per heavy atom. The maximum Gasteiger partial charge on any atom is 0.310 e. The third kappa shape index (κ3) is 3.73. The topological polar surface area (TPSA) is 66.4 Å². The smallest absolute Gasteiger partial charge is 0.310 e. The molecule has 20 heavy (non-hydrogen) atoms. The Hall–Kier alpha value is -1.55. The minimum Gasteiger partial charge on any atom is -0.481 e. The predicted molar refractivity (Wildman–Crippen MR) is 80.0 cm³/mol. The van der Waals surface area contributed by atoms with Crippen LogP contribution in [0.25, 0.3) is 0 Å². The molecule has 0 aromatic heterocycles. The largest absolute Gasteiger partial charge is 0.481 e. The molecule has 1 amide bonds. The molecular weight excluding hydrogens is 278 g/mol. The first-order valence-electron chi connectivity index (χ1n) is 6.46. The predicted octanol–water partition coefficient (Wildman–Crippen LogP) is 3.72. The lowest BCUT2D eigenvalue weighted by Gasteiger charge is -2.28. The van der Waals surface area contributed by atoms with Crippen molar-refractivity contribution in [2.24, 2.45) is 11.3 Å². The van der Waals surface area contributed by atoms with Crippen molar-refractivity contribution in [2.45, 2.75) is 34.1 Å². The van der Waals surface area contributed by atoms with Gasteiger partial charge in [-0.3, -0.25) is 9.59 Å². The van der Waals surface area contributed by atoms with E-state index in [1.807, 2.05) is 6.92 Å². The van der Waals surface area contributed by atoms with Gasteiger partial charge in [-0.05, 0) is 37.5 Å². The van der Waals surface area contributed by atoms with E-state index in [0.29, 0.717) is 10.7 Å². The third-order valence-corrected chi connectivity index (χ3v) is 4.00. The molecule has 0 spiro atoms. The van der Waals surface area contributed by atoms with Crippen molar-refractivity contribution in [3.8, 4) is 0 Å². The molecule has 2 N–H and O–H groups in total. The second-order valence-corrected chi connectivity index (χ2v) is 6.00. The van der Waals surface area contributed by atoms with Crippen LogP contribution in [0.1, 0.15) is 32.8 Å². The minimum absolute atomic E-state index is 0.0774. The van der Waals surface area contributed by atoms with Gasteiger partial charge in [-0.25, -0.2) is 0 Å². The first-order chi connectivity index (χ1) is 9.16. The van der Waals surface area contributed by atoms with E-state index in [4.69, 9.17) is 11.6 Å². The molecule has 1 atom stereocenters. The van der Waals surface area contributed by atoms with Gasteiger partial charge in [0.2, 0.25) is 5.91 Å². The Morgan fingerprint density at radius 2 is 2.00 bits per heavy atom. The number of amides is 1. The van der Waals surface area contributed by atoms with Crippen molar-refractivity contribution < 1.29 is 14.7 Å². The summed E-state index contributed by atoms with van der Waals surface area (Å²) < 4.78 is 0. The van der Waals surface area contributed by atoms with Crippen molar-refractivity contribution in [3.63, 3.8) is 0 Å². The molecular formula is C15H20ClNO3. The number of carbonyl (C=O) groups excluding carboxylic acids is 1. The number of hydrogen-bond donors (Lipinski definition) is 2. The second-order valence-electron chi connectivity index (χ2n) is 5.56. The van der Waals surface area contributed by atoms with Crippen LogP contribution in [-0.2, 0) is 9.59 Å². The van der Waals surface area contributed by atoms with Crippen LogP contribution in [0.5, 0.6) is 0 Å². The quantitative estimate of drug-likeness (QED) is 0.870. The number of carboxylic acids is 1. The number of carbonyl (C=O) groups is 2. The summed E-state index contributed by atoms with van der Waals surface area (Å²) in [6, 6.07) is 5.20. The molecule has 4 nitrogen and oxygen atoms in total. The van der Waals surface area contributed by atoms with E-state index in [9.17, 15) is 14.7 Å². The molecule has 110 valence electrons. The zero-order chi connectivity index (χ0) is 15.5. The Bertz CT molecular complexity index is 528. The van der Waals surface area contributed by atoms with Crippen LogP contribution in [-0.4, -0.2) is 17.0 Å². The summed E-state index contributed by atoms with van der Waals surface area (Å²) in [5, 5.41) is 12.6. The van der Waals surface area contributed by atoms with E-state index in [1.54, 1.807) is 39.0 Å². The minimum atomic E-state index is -1.09. The van der Waals surface area contributed by atoms with Gasteiger partial charge >= 0.3 is 5.97 Å². The standard InChI is InChI=1S/C15H20ClNO3/c1-9(2)15(4,14(19)20)8-13(18)17-12-7-11(16)6-5-10(12)3/h5-7,9H,8H2,1-4H3,(H,17,18)(H,19,20). The van der Waals surface area contributed by atoms with E-state index < -0.39 is 11.4 Å². The molecule has 1 unspecified atom stereocenters. The molecule has 0 radical (unpaired) electrons. The first-order valence-corrected chi connectivity index (χ1v) is 6.84. The van der Waals surface area contributed by atoms with Crippen molar-refractivity contribution >= 4 is 29.2 Å².